The van der Waals surface area contributed by atoms with Gasteiger partial charge in [0.15, 0.2) is 0 Å². The minimum atomic E-state index is -0.605. The van der Waals surface area contributed by atoms with Crippen molar-refractivity contribution >= 4 is 11.8 Å². The minimum Gasteiger partial charge on any atom is -0.350 e. The molecule has 0 aromatic heterocycles. The molecule has 0 spiro atoms. The van der Waals surface area contributed by atoms with Gasteiger partial charge in [-0.2, -0.15) is 0 Å². The normalized spacial score (nSPS) is 17.9. The second-order valence-corrected chi connectivity index (χ2v) is 6.63. The van der Waals surface area contributed by atoms with Gasteiger partial charge < -0.3 is 16.0 Å². The van der Waals surface area contributed by atoms with Crippen LogP contribution in [-0.4, -0.2) is 37.0 Å². The molecule has 1 unspecified atom stereocenters. The Hall–Kier alpha value is -2.66. The number of carbonyl (C=O) groups is 2. The van der Waals surface area contributed by atoms with Gasteiger partial charge in [0.25, 0.3) is 5.91 Å². The van der Waals surface area contributed by atoms with Crippen LogP contribution in [0.2, 0.25) is 0 Å². The molecule has 0 radical (unpaired) electrons. The average Bonchev–Trinajstić information content (AvgIpc) is 2.69. The summed E-state index contributed by atoms with van der Waals surface area (Å²) >= 11 is 0. The van der Waals surface area contributed by atoms with E-state index in [1.807, 2.05) is 48.5 Å². The van der Waals surface area contributed by atoms with E-state index in [9.17, 15) is 9.59 Å². The lowest BCUT2D eigenvalue weighted by molar-refractivity contribution is -0.123. The largest absolute Gasteiger partial charge is 0.350 e. The predicted octanol–water partition coefficient (Wildman–Crippen LogP) is 1.90. The van der Waals surface area contributed by atoms with Crippen molar-refractivity contribution in [2.24, 2.45) is 0 Å². The molecule has 0 bridgehead atoms. The third-order valence-corrected chi connectivity index (χ3v) is 4.58. The predicted molar refractivity (Wildman–Crippen MR) is 102 cm³/mol. The zero-order chi connectivity index (χ0) is 18.2. The van der Waals surface area contributed by atoms with E-state index in [1.54, 1.807) is 12.1 Å². The number of benzene rings is 2. The van der Waals surface area contributed by atoms with E-state index < -0.39 is 6.04 Å². The van der Waals surface area contributed by atoms with Crippen molar-refractivity contribution in [2.45, 2.75) is 31.3 Å². The molecule has 3 rings (SSSR count). The molecule has 136 valence electrons. The first-order chi connectivity index (χ1) is 12.7. The molecule has 1 fully saturated rings. The lowest BCUT2D eigenvalue weighted by atomic mass is 10.0. The first kappa shape index (κ1) is 18.1. The van der Waals surface area contributed by atoms with Crippen molar-refractivity contribution in [3.8, 4) is 0 Å². The number of hydrogen-bond donors (Lipinski definition) is 3. The zero-order valence-electron chi connectivity index (χ0n) is 14.8. The fraction of sp³-hybridized carbons (Fsp3) is 0.333. The summed E-state index contributed by atoms with van der Waals surface area (Å²) in [5.74, 6) is -0.365. The number of amides is 2. The van der Waals surface area contributed by atoms with Crippen molar-refractivity contribution in [2.75, 3.05) is 13.1 Å². The molecule has 1 saturated heterocycles. The summed E-state index contributed by atoms with van der Waals surface area (Å²) in [6.45, 7) is 1.76. The Balaban J connectivity index is 1.70. The quantitative estimate of drug-likeness (QED) is 0.744. The number of nitrogens with one attached hydrogen (secondary N) is 3. The van der Waals surface area contributed by atoms with Crippen LogP contribution in [0.5, 0.6) is 0 Å². The van der Waals surface area contributed by atoms with Gasteiger partial charge in [-0.15, -0.1) is 0 Å². The number of hydrogen-bond acceptors (Lipinski definition) is 3. The smallest absolute Gasteiger partial charge is 0.251 e. The Kier molecular flexibility index (Phi) is 6.39. The van der Waals surface area contributed by atoms with Crippen LogP contribution in [0.1, 0.15) is 28.8 Å². The Morgan fingerprint density at radius 2 is 1.73 bits per heavy atom. The van der Waals surface area contributed by atoms with E-state index in [0.717, 1.165) is 31.5 Å². The van der Waals surface area contributed by atoms with Gasteiger partial charge in [-0.05, 0) is 37.1 Å². The molecule has 2 aromatic carbocycles. The maximum absolute atomic E-state index is 12.8. The van der Waals surface area contributed by atoms with Gasteiger partial charge in [0.2, 0.25) is 5.91 Å². The number of piperidine rings is 1. The van der Waals surface area contributed by atoms with Crippen molar-refractivity contribution in [3.63, 3.8) is 0 Å². The lowest BCUT2D eigenvalue weighted by Gasteiger charge is -2.26. The summed E-state index contributed by atoms with van der Waals surface area (Å²) in [4.78, 5) is 25.4. The minimum absolute atomic E-state index is 0.114. The van der Waals surface area contributed by atoms with E-state index in [1.165, 1.54) is 0 Å². The Bertz CT molecular complexity index is 713. The lowest BCUT2D eigenvalue weighted by Crippen LogP contribution is -2.53. The second-order valence-electron chi connectivity index (χ2n) is 6.63. The zero-order valence-corrected chi connectivity index (χ0v) is 14.8. The molecule has 5 nitrogen and oxygen atoms in total. The van der Waals surface area contributed by atoms with Crippen LogP contribution in [0.25, 0.3) is 0 Å². The molecule has 1 aliphatic heterocycles. The third-order valence-electron chi connectivity index (χ3n) is 4.58. The fourth-order valence-corrected chi connectivity index (χ4v) is 3.17. The molecule has 1 heterocycles. The summed E-state index contributed by atoms with van der Waals surface area (Å²) in [5.41, 5.74) is 1.57. The molecular formula is C21H25N3O2. The Morgan fingerprint density at radius 1 is 1.04 bits per heavy atom. The van der Waals surface area contributed by atoms with Crippen molar-refractivity contribution in [1.82, 2.24) is 16.0 Å². The van der Waals surface area contributed by atoms with Crippen LogP contribution in [0.15, 0.2) is 60.7 Å². The van der Waals surface area contributed by atoms with Crippen LogP contribution >= 0.6 is 0 Å². The number of rotatable bonds is 6. The van der Waals surface area contributed by atoms with Gasteiger partial charge in [0.05, 0.1) is 0 Å². The maximum atomic E-state index is 12.8. The highest BCUT2D eigenvalue weighted by atomic mass is 16.2. The van der Waals surface area contributed by atoms with Crippen LogP contribution in [-0.2, 0) is 11.2 Å². The van der Waals surface area contributed by atoms with Crippen LogP contribution < -0.4 is 16.0 Å². The van der Waals surface area contributed by atoms with Gasteiger partial charge in [-0.1, -0.05) is 48.5 Å². The molecule has 2 atom stereocenters. The van der Waals surface area contributed by atoms with Crippen LogP contribution in [0.4, 0.5) is 0 Å². The summed E-state index contributed by atoms with van der Waals surface area (Å²) in [6, 6.07) is 18.3. The second kappa shape index (κ2) is 9.15. The van der Waals surface area contributed by atoms with Crippen LogP contribution in [0.3, 0.4) is 0 Å². The molecule has 5 heteroatoms. The molecular weight excluding hydrogens is 326 g/mol. The maximum Gasteiger partial charge on any atom is 0.251 e. The van der Waals surface area contributed by atoms with E-state index in [4.69, 9.17) is 0 Å². The molecule has 2 aromatic rings. The molecule has 1 aliphatic rings. The fourth-order valence-electron chi connectivity index (χ4n) is 3.17. The number of carbonyl (C=O) groups excluding carboxylic acids is 2. The van der Waals surface area contributed by atoms with E-state index in [0.29, 0.717) is 12.0 Å². The Morgan fingerprint density at radius 3 is 2.38 bits per heavy atom. The van der Waals surface area contributed by atoms with E-state index >= 15 is 0 Å². The highest BCUT2D eigenvalue weighted by Gasteiger charge is 2.24. The van der Waals surface area contributed by atoms with Gasteiger partial charge in [0, 0.05) is 24.6 Å². The standard InChI is InChI=1S/C21H25N3O2/c25-20(17-10-5-2-6-11-17)24-19(14-16-8-3-1-4-9-16)21(26)23-18-12-7-13-22-15-18/h1-6,8-11,18-19,22H,7,12-15H2,(H,23,26)(H,24,25)/t18-,19?/m0/s1. The van der Waals surface area contributed by atoms with Crippen molar-refractivity contribution in [3.05, 3.63) is 71.8 Å². The third kappa shape index (κ3) is 5.17. The monoisotopic (exact) mass is 351 g/mol. The molecule has 26 heavy (non-hydrogen) atoms. The highest BCUT2D eigenvalue weighted by molar-refractivity contribution is 5.97. The molecule has 2 amide bonds. The van der Waals surface area contributed by atoms with Gasteiger partial charge >= 0.3 is 0 Å². The van der Waals surface area contributed by atoms with E-state index in [2.05, 4.69) is 16.0 Å². The highest BCUT2D eigenvalue weighted by Crippen LogP contribution is 2.07. The van der Waals surface area contributed by atoms with E-state index in [-0.39, 0.29) is 17.9 Å². The SMILES string of the molecule is O=C(NC(Cc1ccccc1)C(=O)N[C@H]1CCCNC1)c1ccccc1. The summed E-state index contributed by atoms with van der Waals surface area (Å²) in [5, 5.41) is 9.27. The van der Waals surface area contributed by atoms with Gasteiger partial charge in [0.1, 0.15) is 6.04 Å². The Labute approximate surface area is 154 Å². The first-order valence-electron chi connectivity index (χ1n) is 9.13. The topological polar surface area (TPSA) is 70.2 Å². The molecule has 0 saturated carbocycles. The van der Waals surface area contributed by atoms with Crippen molar-refractivity contribution < 1.29 is 9.59 Å². The van der Waals surface area contributed by atoms with Crippen LogP contribution in [0, 0.1) is 0 Å². The average molecular weight is 351 g/mol. The summed E-state index contributed by atoms with van der Waals surface area (Å²) in [7, 11) is 0. The first-order valence-corrected chi connectivity index (χ1v) is 9.13. The summed E-state index contributed by atoms with van der Waals surface area (Å²) < 4.78 is 0. The molecule has 0 aliphatic carbocycles. The summed E-state index contributed by atoms with van der Waals surface area (Å²) in [6.07, 6.45) is 2.47. The van der Waals surface area contributed by atoms with Gasteiger partial charge in [-0.25, -0.2) is 0 Å². The van der Waals surface area contributed by atoms with Gasteiger partial charge in [-0.3, -0.25) is 9.59 Å². The molecule has 3 N–H and O–H groups in total. The van der Waals surface area contributed by atoms with Crippen molar-refractivity contribution in [1.29, 1.82) is 0 Å².